The molecule has 0 heterocycles. The Morgan fingerprint density at radius 3 is 2.12 bits per heavy atom. The van der Waals surface area contributed by atoms with Gasteiger partial charge in [0.1, 0.15) is 12.6 Å². The van der Waals surface area contributed by atoms with E-state index >= 15 is 0 Å². The summed E-state index contributed by atoms with van der Waals surface area (Å²) >= 11 is 19.1. The minimum absolute atomic E-state index is 0.00691. The number of nitrogens with zero attached hydrogens (tertiary/aromatic N) is 2. The summed E-state index contributed by atoms with van der Waals surface area (Å²) in [6.45, 7) is 6.45. The average Bonchev–Trinajstić information content (AvgIpc) is 2.90. The lowest BCUT2D eigenvalue weighted by Crippen LogP contribution is -2.53. The lowest BCUT2D eigenvalue weighted by atomic mass is 10.1. The number of hydrogen-bond donors (Lipinski definition) is 1. The van der Waals surface area contributed by atoms with Gasteiger partial charge in [-0.05, 0) is 69.2 Å². The van der Waals surface area contributed by atoms with Gasteiger partial charge in [-0.2, -0.15) is 0 Å². The normalized spacial score (nSPS) is 12.2. The van der Waals surface area contributed by atoms with Crippen LogP contribution in [0, 0.1) is 6.92 Å². The van der Waals surface area contributed by atoms with Gasteiger partial charge in [0.05, 0.1) is 10.6 Å². The Morgan fingerprint density at radius 2 is 1.55 bits per heavy atom. The van der Waals surface area contributed by atoms with E-state index in [0.717, 1.165) is 4.31 Å². The molecule has 3 aromatic rings. The summed E-state index contributed by atoms with van der Waals surface area (Å²) in [4.78, 5) is 28.7. The molecular weight excluding hydrogens is 593 g/mol. The van der Waals surface area contributed by atoms with Gasteiger partial charge in [0.15, 0.2) is 0 Å². The molecule has 0 aromatic heterocycles. The zero-order valence-electron chi connectivity index (χ0n) is 22.7. The quantitative estimate of drug-likeness (QED) is 0.265. The Bertz CT molecular complexity index is 1450. The van der Waals surface area contributed by atoms with E-state index in [9.17, 15) is 18.0 Å². The molecule has 2 amide bonds. The van der Waals surface area contributed by atoms with Crippen molar-refractivity contribution in [3.05, 3.63) is 92.9 Å². The molecule has 0 aliphatic rings. The number of anilines is 1. The predicted octanol–water partition coefficient (Wildman–Crippen LogP) is 6.48. The first kappa shape index (κ1) is 31.7. The van der Waals surface area contributed by atoms with Crippen LogP contribution < -0.4 is 9.62 Å². The zero-order chi connectivity index (χ0) is 29.6. The number of amides is 2. The molecule has 1 N–H and O–H groups in total. The number of sulfonamides is 1. The Hall–Kier alpha value is -2.78. The molecule has 0 radical (unpaired) electrons. The van der Waals surface area contributed by atoms with Crippen LogP contribution in [0.1, 0.15) is 38.3 Å². The summed E-state index contributed by atoms with van der Waals surface area (Å²) in [5.74, 6) is -0.981. The van der Waals surface area contributed by atoms with Gasteiger partial charge in [0.25, 0.3) is 10.0 Å². The van der Waals surface area contributed by atoms with Crippen molar-refractivity contribution < 1.29 is 18.0 Å². The summed E-state index contributed by atoms with van der Waals surface area (Å²) in [5.41, 5.74) is 1.30. The van der Waals surface area contributed by atoms with Crippen LogP contribution in [0.15, 0.2) is 71.6 Å². The van der Waals surface area contributed by atoms with Gasteiger partial charge in [-0.3, -0.25) is 13.9 Å². The SMILES string of the molecule is CC[C@H](C(=O)NC(C)C)N(Cc1c(Cl)cccc1Cl)C(=O)CN(c1cc(Cl)ccc1C)S(=O)(=O)c1ccccc1. The zero-order valence-corrected chi connectivity index (χ0v) is 25.8. The fourth-order valence-electron chi connectivity index (χ4n) is 4.24. The Labute approximate surface area is 251 Å². The van der Waals surface area contributed by atoms with Gasteiger partial charge < -0.3 is 10.2 Å². The fourth-order valence-corrected chi connectivity index (χ4v) is 6.41. The smallest absolute Gasteiger partial charge is 0.264 e. The van der Waals surface area contributed by atoms with E-state index in [-0.39, 0.29) is 35.5 Å². The van der Waals surface area contributed by atoms with E-state index in [1.807, 2.05) is 13.8 Å². The number of hydrogen-bond acceptors (Lipinski definition) is 4. The monoisotopic (exact) mass is 623 g/mol. The van der Waals surface area contributed by atoms with Crippen LogP contribution in [0.5, 0.6) is 0 Å². The molecule has 0 fully saturated rings. The predicted molar refractivity (Wildman–Crippen MR) is 162 cm³/mol. The number of nitrogens with one attached hydrogen (secondary N) is 1. The minimum atomic E-state index is -4.21. The van der Waals surface area contributed by atoms with Crippen LogP contribution in [0.4, 0.5) is 5.69 Å². The summed E-state index contributed by atoms with van der Waals surface area (Å²) in [5, 5.41) is 3.81. The van der Waals surface area contributed by atoms with E-state index in [4.69, 9.17) is 34.8 Å². The molecule has 214 valence electrons. The molecule has 0 saturated carbocycles. The maximum Gasteiger partial charge on any atom is 0.264 e. The van der Waals surface area contributed by atoms with Gasteiger partial charge in [-0.25, -0.2) is 8.42 Å². The van der Waals surface area contributed by atoms with Gasteiger partial charge in [-0.15, -0.1) is 0 Å². The third-order valence-corrected chi connectivity index (χ3v) is 8.97. The van der Waals surface area contributed by atoms with Gasteiger partial charge in [-0.1, -0.05) is 72.1 Å². The molecule has 1 atom stereocenters. The first-order valence-electron chi connectivity index (χ1n) is 12.7. The van der Waals surface area contributed by atoms with Crippen molar-refractivity contribution in [2.24, 2.45) is 0 Å². The van der Waals surface area contributed by atoms with E-state index in [1.165, 1.54) is 23.1 Å². The van der Waals surface area contributed by atoms with Gasteiger partial charge >= 0.3 is 0 Å². The number of rotatable bonds is 11. The summed E-state index contributed by atoms with van der Waals surface area (Å²) < 4.78 is 28.9. The highest BCUT2D eigenvalue weighted by molar-refractivity contribution is 7.92. The van der Waals surface area contributed by atoms with Crippen molar-refractivity contribution in [2.75, 3.05) is 10.8 Å². The van der Waals surface area contributed by atoms with Crippen molar-refractivity contribution in [1.29, 1.82) is 0 Å². The van der Waals surface area contributed by atoms with E-state index < -0.39 is 28.5 Å². The van der Waals surface area contributed by atoms with Gasteiger partial charge in [0.2, 0.25) is 11.8 Å². The lowest BCUT2D eigenvalue weighted by Gasteiger charge is -2.34. The first-order valence-corrected chi connectivity index (χ1v) is 15.3. The second-order valence-electron chi connectivity index (χ2n) is 9.56. The molecule has 0 bridgehead atoms. The van der Waals surface area contributed by atoms with Crippen molar-refractivity contribution >= 4 is 62.3 Å². The number of benzene rings is 3. The molecule has 7 nitrogen and oxygen atoms in total. The van der Waals surface area contributed by atoms with Gasteiger partial charge in [0, 0.05) is 33.2 Å². The fraction of sp³-hybridized carbons (Fsp3) is 0.310. The van der Waals surface area contributed by atoms with Crippen LogP contribution in [-0.2, 0) is 26.2 Å². The van der Waals surface area contributed by atoms with Crippen LogP contribution in [0.25, 0.3) is 0 Å². The van der Waals surface area contributed by atoms with Crippen molar-refractivity contribution in [2.45, 2.75) is 57.6 Å². The van der Waals surface area contributed by atoms with E-state index in [0.29, 0.717) is 26.2 Å². The maximum absolute atomic E-state index is 14.1. The second-order valence-corrected chi connectivity index (χ2v) is 12.7. The number of halogens is 3. The highest BCUT2D eigenvalue weighted by Crippen LogP contribution is 2.31. The Kier molecular flexibility index (Phi) is 10.9. The third-order valence-electron chi connectivity index (χ3n) is 6.26. The highest BCUT2D eigenvalue weighted by atomic mass is 35.5. The Morgan fingerprint density at radius 1 is 0.925 bits per heavy atom. The summed E-state index contributed by atoms with van der Waals surface area (Å²) in [7, 11) is -4.21. The van der Waals surface area contributed by atoms with Crippen LogP contribution in [0.2, 0.25) is 15.1 Å². The molecule has 0 aliphatic heterocycles. The molecular formula is C29H32Cl3N3O4S. The molecule has 0 aliphatic carbocycles. The van der Waals surface area contributed by atoms with Crippen molar-refractivity contribution in [1.82, 2.24) is 10.2 Å². The average molecular weight is 625 g/mol. The lowest BCUT2D eigenvalue weighted by molar-refractivity contribution is -0.140. The van der Waals surface area contributed by atoms with Crippen LogP contribution >= 0.6 is 34.8 Å². The highest BCUT2D eigenvalue weighted by Gasteiger charge is 2.35. The van der Waals surface area contributed by atoms with E-state index in [1.54, 1.807) is 62.4 Å². The molecule has 0 saturated heterocycles. The van der Waals surface area contributed by atoms with Crippen molar-refractivity contribution in [3.8, 4) is 0 Å². The Balaban J connectivity index is 2.14. The number of aryl methyl sites for hydroxylation is 1. The van der Waals surface area contributed by atoms with Crippen LogP contribution in [-0.4, -0.2) is 43.8 Å². The maximum atomic E-state index is 14.1. The summed E-state index contributed by atoms with van der Waals surface area (Å²) in [6.07, 6.45) is 0.272. The largest absolute Gasteiger partial charge is 0.352 e. The second kappa shape index (κ2) is 13.7. The first-order chi connectivity index (χ1) is 18.9. The molecule has 11 heteroatoms. The third kappa shape index (κ3) is 7.49. The molecule has 40 heavy (non-hydrogen) atoms. The number of carbonyl (C=O) groups excluding carboxylic acids is 2. The van der Waals surface area contributed by atoms with Crippen molar-refractivity contribution in [3.63, 3.8) is 0 Å². The van der Waals surface area contributed by atoms with E-state index in [2.05, 4.69) is 5.32 Å². The molecule has 3 aromatic carbocycles. The molecule has 0 unspecified atom stereocenters. The number of carbonyl (C=O) groups is 2. The summed E-state index contributed by atoms with van der Waals surface area (Å²) in [6, 6.07) is 16.5. The topological polar surface area (TPSA) is 86.8 Å². The van der Waals surface area contributed by atoms with Crippen LogP contribution in [0.3, 0.4) is 0 Å². The standard InChI is InChI=1S/C29H32Cl3N3O4S/c1-5-26(29(37)33-19(2)3)34(17-23-24(31)12-9-13-25(23)32)28(36)18-35(27-16-21(30)15-14-20(27)4)40(38,39)22-10-7-6-8-11-22/h6-16,19,26H,5,17-18H2,1-4H3,(H,33,37)/t26-/m1/s1. The molecule has 3 rings (SSSR count). The minimum Gasteiger partial charge on any atom is -0.352 e. The molecule has 0 spiro atoms.